The Labute approximate surface area is 176 Å². The van der Waals surface area contributed by atoms with E-state index in [0.717, 1.165) is 10.6 Å². The quantitative estimate of drug-likeness (QED) is 0.406. The van der Waals surface area contributed by atoms with E-state index in [4.69, 9.17) is 10.5 Å². The maximum Gasteiger partial charge on any atom is 0.262 e. The number of nitrogen functional groups attached to an aromatic ring is 1. The molecule has 4 N–H and O–H groups in total. The molecule has 0 radical (unpaired) electrons. The number of aromatic nitrogens is 1. The van der Waals surface area contributed by atoms with Gasteiger partial charge in [-0.1, -0.05) is 30.3 Å². The molecule has 0 bridgehead atoms. The molecule has 3 aromatic rings. The summed E-state index contributed by atoms with van der Waals surface area (Å²) in [5.74, 6) is -1.34. The van der Waals surface area contributed by atoms with Gasteiger partial charge in [-0.05, 0) is 24.3 Å². The van der Waals surface area contributed by atoms with E-state index in [2.05, 4.69) is 10.6 Å². The molecule has 9 heteroatoms. The zero-order valence-electron chi connectivity index (χ0n) is 16.3. The van der Waals surface area contributed by atoms with Gasteiger partial charge >= 0.3 is 0 Å². The summed E-state index contributed by atoms with van der Waals surface area (Å²) < 4.78 is 6.60. The summed E-state index contributed by atoms with van der Waals surface area (Å²) in [6.45, 7) is 0.481. The van der Waals surface area contributed by atoms with Gasteiger partial charge in [0, 0.05) is 6.07 Å². The van der Waals surface area contributed by atoms with E-state index >= 15 is 0 Å². The summed E-state index contributed by atoms with van der Waals surface area (Å²) in [6.07, 6.45) is 0. The Balaban J connectivity index is 1.59. The minimum atomic E-state index is -0.689. The van der Waals surface area contributed by atoms with Crippen LogP contribution in [0.25, 0.3) is 5.69 Å². The fraction of sp³-hybridized carbons (Fsp3) is 0.0909. The average molecular weight is 418 g/mol. The predicted octanol–water partition coefficient (Wildman–Crippen LogP) is 1.11. The van der Waals surface area contributed by atoms with Gasteiger partial charge in [-0.2, -0.15) is 0 Å². The normalized spacial score (nSPS) is 12.3. The third-order valence-corrected chi connectivity index (χ3v) is 4.74. The fourth-order valence-corrected chi connectivity index (χ4v) is 3.33. The molecule has 31 heavy (non-hydrogen) atoms. The monoisotopic (exact) mass is 418 g/mol. The van der Waals surface area contributed by atoms with Crippen LogP contribution in [0.3, 0.4) is 0 Å². The first-order valence-electron chi connectivity index (χ1n) is 9.44. The van der Waals surface area contributed by atoms with E-state index in [0.29, 0.717) is 5.75 Å². The number of carbonyl (C=O) groups is 3. The minimum Gasteiger partial charge on any atom is -0.492 e. The van der Waals surface area contributed by atoms with Crippen molar-refractivity contribution in [2.45, 2.75) is 0 Å². The number of nitrogens with zero attached hydrogens (tertiary/aromatic N) is 1. The van der Waals surface area contributed by atoms with Crippen LogP contribution < -0.4 is 26.7 Å². The maximum absolute atomic E-state index is 12.8. The first-order chi connectivity index (χ1) is 15.0. The number of anilines is 1. The van der Waals surface area contributed by atoms with Crippen molar-refractivity contribution in [2.75, 3.05) is 18.9 Å². The number of nitrogens with one attached hydrogen (secondary N) is 2. The molecule has 4 rings (SSSR count). The van der Waals surface area contributed by atoms with Crippen LogP contribution >= 0.6 is 0 Å². The van der Waals surface area contributed by atoms with Crippen molar-refractivity contribution in [2.24, 2.45) is 0 Å². The van der Waals surface area contributed by atoms with Crippen molar-refractivity contribution >= 4 is 23.5 Å². The van der Waals surface area contributed by atoms with Crippen molar-refractivity contribution in [1.29, 1.82) is 0 Å². The zero-order chi connectivity index (χ0) is 22.0. The van der Waals surface area contributed by atoms with Gasteiger partial charge in [0.25, 0.3) is 23.3 Å². The number of carbonyl (C=O) groups excluding carboxylic acids is 3. The smallest absolute Gasteiger partial charge is 0.262 e. The Morgan fingerprint density at radius 2 is 1.71 bits per heavy atom. The lowest BCUT2D eigenvalue weighted by Gasteiger charge is -2.15. The third-order valence-electron chi connectivity index (χ3n) is 4.74. The van der Waals surface area contributed by atoms with Crippen LogP contribution in [0.4, 0.5) is 5.82 Å². The number of imide groups is 1. The molecule has 1 aliphatic rings. The number of pyridine rings is 1. The topological polar surface area (TPSA) is 133 Å². The number of hydrogen-bond donors (Lipinski definition) is 3. The Kier molecular flexibility index (Phi) is 5.23. The Morgan fingerprint density at radius 1 is 1.00 bits per heavy atom. The van der Waals surface area contributed by atoms with Gasteiger partial charge in [0.15, 0.2) is 0 Å². The maximum atomic E-state index is 12.8. The number of benzene rings is 2. The molecule has 0 saturated heterocycles. The highest BCUT2D eigenvalue weighted by Gasteiger charge is 2.32. The van der Waals surface area contributed by atoms with Gasteiger partial charge < -0.3 is 15.8 Å². The van der Waals surface area contributed by atoms with Crippen LogP contribution in [-0.4, -0.2) is 35.4 Å². The number of ether oxygens (including phenoxy) is 1. The van der Waals surface area contributed by atoms with Gasteiger partial charge in [0.05, 0.1) is 28.9 Å². The molecule has 0 fully saturated rings. The molecule has 0 aliphatic carbocycles. The zero-order valence-corrected chi connectivity index (χ0v) is 16.3. The van der Waals surface area contributed by atoms with Gasteiger partial charge in [0.1, 0.15) is 18.2 Å². The lowest BCUT2D eigenvalue weighted by atomic mass is 10.1. The molecule has 3 amide bonds. The highest BCUT2D eigenvalue weighted by Crippen LogP contribution is 2.24. The standard InChI is InChI=1S/C22H18N4O5/c23-19-18-15(21(29)25-22(18)30)12-17(27)26(19)16-9-5-4-8-14(16)20(28)24-10-11-31-13-6-2-1-3-7-13/h1-9,12H,10-11,23H2,(H,24,28)(H,25,29,30). The molecule has 9 nitrogen and oxygen atoms in total. The Bertz CT molecular complexity index is 1250. The van der Waals surface area contributed by atoms with E-state index in [9.17, 15) is 19.2 Å². The molecule has 0 unspecified atom stereocenters. The fourth-order valence-electron chi connectivity index (χ4n) is 3.33. The molecule has 0 saturated carbocycles. The highest BCUT2D eigenvalue weighted by atomic mass is 16.5. The summed E-state index contributed by atoms with van der Waals surface area (Å²) in [5, 5.41) is 4.84. The first-order valence-corrected chi connectivity index (χ1v) is 9.44. The third kappa shape index (κ3) is 3.76. The van der Waals surface area contributed by atoms with Crippen molar-refractivity contribution in [3.8, 4) is 11.4 Å². The second-order valence-corrected chi connectivity index (χ2v) is 6.71. The molecule has 2 heterocycles. The molecule has 156 valence electrons. The Hall–Kier alpha value is -4.40. The van der Waals surface area contributed by atoms with E-state index in [-0.39, 0.29) is 41.3 Å². The molecule has 2 aromatic carbocycles. The Morgan fingerprint density at radius 3 is 2.48 bits per heavy atom. The molecular formula is C22H18N4O5. The minimum absolute atomic E-state index is 0.0799. The molecule has 0 spiro atoms. The highest BCUT2D eigenvalue weighted by molar-refractivity contribution is 6.23. The van der Waals surface area contributed by atoms with Crippen LogP contribution in [0, 0.1) is 0 Å². The first kappa shape index (κ1) is 19.9. The van der Waals surface area contributed by atoms with Crippen LogP contribution in [0.15, 0.2) is 65.5 Å². The van der Waals surface area contributed by atoms with E-state index in [1.54, 1.807) is 24.3 Å². The summed E-state index contributed by atoms with van der Waals surface area (Å²) >= 11 is 0. The van der Waals surface area contributed by atoms with E-state index < -0.39 is 23.3 Å². The summed E-state index contributed by atoms with van der Waals surface area (Å²) in [4.78, 5) is 49.4. The van der Waals surface area contributed by atoms with Crippen LogP contribution in [0.5, 0.6) is 5.75 Å². The van der Waals surface area contributed by atoms with Crippen molar-refractivity contribution in [1.82, 2.24) is 15.2 Å². The van der Waals surface area contributed by atoms with Crippen LogP contribution in [-0.2, 0) is 0 Å². The predicted molar refractivity (Wildman–Crippen MR) is 113 cm³/mol. The average Bonchev–Trinajstić information content (AvgIpc) is 3.05. The number of amides is 3. The van der Waals surface area contributed by atoms with Crippen LogP contribution in [0.2, 0.25) is 0 Å². The summed E-state index contributed by atoms with van der Waals surface area (Å²) in [5.41, 5.74) is 5.65. The number of rotatable bonds is 6. The number of fused-ring (bicyclic) bond motifs is 1. The lowest BCUT2D eigenvalue weighted by Crippen LogP contribution is -2.31. The lowest BCUT2D eigenvalue weighted by molar-refractivity contribution is 0.0878. The van der Waals surface area contributed by atoms with Gasteiger partial charge in [-0.3, -0.25) is 29.1 Å². The second kappa shape index (κ2) is 8.15. The number of hydrogen-bond acceptors (Lipinski definition) is 6. The summed E-state index contributed by atoms with van der Waals surface area (Å²) in [6, 6.07) is 16.6. The van der Waals surface area contributed by atoms with Gasteiger partial charge in [0.2, 0.25) is 0 Å². The molecule has 1 aliphatic heterocycles. The molecule has 1 aromatic heterocycles. The number of para-hydroxylation sites is 2. The van der Waals surface area contributed by atoms with Crippen molar-refractivity contribution in [3.63, 3.8) is 0 Å². The SMILES string of the molecule is Nc1c2c(cc(=O)n1-c1ccccc1C(=O)NCCOc1ccccc1)C(=O)NC2=O. The molecule has 0 atom stereocenters. The van der Waals surface area contributed by atoms with E-state index in [1.165, 1.54) is 12.1 Å². The molecular weight excluding hydrogens is 400 g/mol. The second-order valence-electron chi connectivity index (χ2n) is 6.71. The van der Waals surface area contributed by atoms with Crippen LogP contribution in [0.1, 0.15) is 31.1 Å². The number of nitrogens with two attached hydrogens (primary N) is 1. The van der Waals surface area contributed by atoms with Crippen molar-refractivity contribution in [3.05, 3.63) is 87.7 Å². The van der Waals surface area contributed by atoms with Gasteiger partial charge in [-0.15, -0.1) is 0 Å². The summed E-state index contributed by atoms with van der Waals surface area (Å²) in [7, 11) is 0. The van der Waals surface area contributed by atoms with E-state index in [1.807, 2.05) is 18.2 Å². The largest absolute Gasteiger partial charge is 0.492 e. The van der Waals surface area contributed by atoms with Crippen molar-refractivity contribution < 1.29 is 19.1 Å². The van der Waals surface area contributed by atoms with Gasteiger partial charge in [-0.25, -0.2) is 0 Å².